The third-order valence-electron chi connectivity index (χ3n) is 6.93. The molecule has 3 heterocycles. The first kappa shape index (κ1) is 23.9. The topological polar surface area (TPSA) is 55.1 Å². The molecule has 1 atom stereocenters. The van der Waals surface area contributed by atoms with E-state index in [1.54, 1.807) is 0 Å². The normalized spacial score (nSPS) is 15.1. The molecule has 0 aliphatic carbocycles. The smallest absolute Gasteiger partial charge is 0.318 e. The fraction of sp³-hybridized carbons (Fsp3) is 0.333. The fourth-order valence-corrected chi connectivity index (χ4v) is 4.96. The summed E-state index contributed by atoms with van der Waals surface area (Å²) in [5, 5.41) is 8.09. The second-order valence-electron chi connectivity index (χ2n) is 10.4. The van der Waals surface area contributed by atoms with Crippen LogP contribution in [0.15, 0.2) is 72.9 Å². The highest BCUT2D eigenvalue weighted by atomic mass is 16.2. The number of hydrogen-bond donors (Lipinski definition) is 1. The second-order valence-corrected chi connectivity index (χ2v) is 10.4. The first-order valence-electron chi connectivity index (χ1n) is 12.8. The van der Waals surface area contributed by atoms with Gasteiger partial charge in [-0.05, 0) is 54.2 Å². The number of fused-ring (bicyclic) bond motifs is 3. The number of benzene rings is 2. The molecule has 0 radical (unpaired) electrons. The van der Waals surface area contributed by atoms with Crippen LogP contribution in [-0.2, 0) is 6.54 Å². The molecule has 36 heavy (non-hydrogen) atoms. The molecule has 0 unspecified atom stereocenters. The molecule has 0 spiro atoms. The maximum atomic E-state index is 13.7. The summed E-state index contributed by atoms with van der Waals surface area (Å²) in [5.41, 5.74) is 6.40. The molecule has 6 nitrogen and oxygen atoms in total. The van der Waals surface area contributed by atoms with E-state index in [9.17, 15) is 4.79 Å². The van der Waals surface area contributed by atoms with Gasteiger partial charge in [0.2, 0.25) is 0 Å². The lowest BCUT2D eigenvalue weighted by Gasteiger charge is -2.31. The van der Waals surface area contributed by atoms with Crippen LogP contribution in [0.25, 0.3) is 11.5 Å². The molecule has 0 fully saturated rings. The van der Waals surface area contributed by atoms with Crippen molar-refractivity contribution in [2.75, 3.05) is 6.54 Å². The zero-order chi connectivity index (χ0) is 25.4. The van der Waals surface area contributed by atoms with Gasteiger partial charge < -0.3 is 14.8 Å². The van der Waals surface area contributed by atoms with Crippen LogP contribution in [0.3, 0.4) is 0 Å². The largest absolute Gasteiger partial charge is 0.338 e. The Kier molecular flexibility index (Phi) is 6.44. The van der Waals surface area contributed by atoms with Crippen LogP contribution in [0.1, 0.15) is 67.7 Å². The van der Waals surface area contributed by atoms with E-state index in [0.29, 0.717) is 24.9 Å². The predicted molar refractivity (Wildman–Crippen MR) is 144 cm³/mol. The molecular weight excluding hydrogens is 446 g/mol. The predicted octanol–water partition coefficient (Wildman–Crippen LogP) is 6.37. The van der Waals surface area contributed by atoms with E-state index in [-0.39, 0.29) is 12.1 Å². The lowest BCUT2D eigenvalue weighted by atomic mass is 9.97. The average Bonchev–Trinajstić information content (AvgIpc) is 3.43. The molecule has 0 bridgehead atoms. The van der Waals surface area contributed by atoms with Crippen LogP contribution in [0, 0.1) is 12.8 Å². The van der Waals surface area contributed by atoms with Gasteiger partial charge in [-0.15, -0.1) is 0 Å². The summed E-state index contributed by atoms with van der Waals surface area (Å²) in [6, 6.07) is 22.8. The van der Waals surface area contributed by atoms with Crippen LogP contribution >= 0.6 is 0 Å². The number of rotatable bonds is 5. The van der Waals surface area contributed by atoms with Crippen molar-refractivity contribution in [3.8, 4) is 11.5 Å². The first-order valence-corrected chi connectivity index (χ1v) is 12.8. The number of carbonyl (C=O) groups is 1. The van der Waals surface area contributed by atoms with Gasteiger partial charge in [0.25, 0.3) is 0 Å². The van der Waals surface area contributed by atoms with Crippen molar-refractivity contribution >= 4 is 6.03 Å². The number of para-hydroxylation sites is 1. The molecule has 2 amide bonds. The summed E-state index contributed by atoms with van der Waals surface area (Å²) in [6.07, 6.45) is 2.08. The molecule has 1 N–H and O–H groups in total. The summed E-state index contributed by atoms with van der Waals surface area (Å²) in [5.74, 6) is 1.81. The third-order valence-corrected chi connectivity index (χ3v) is 6.93. The van der Waals surface area contributed by atoms with E-state index >= 15 is 0 Å². The van der Waals surface area contributed by atoms with Gasteiger partial charge in [-0.2, -0.15) is 5.10 Å². The maximum Gasteiger partial charge on any atom is 0.318 e. The minimum atomic E-state index is -0.232. The standard InChI is InChI=1S/C30H35N5O/c1-20(2)18-31-30(36)34-19-26-22(5)32-35(25-10-7-6-8-11-25)29(26)33-17-9-12-27(33)28(34)24-15-13-23(14-16-24)21(3)4/h6-17,20-21,28H,18-19H2,1-5H3,(H,31,36)/t28-/m0/s1. The van der Waals surface area contributed by atoms with E-state index in [1.807, 2.05) is 34.7 Å². The Morgan fingerprint density at radius 3 is 2.39 bits per heavy atom. The molecule has 4 aromatic rings. The van der Waals surface area contributed by atoms with Gasteiger partial charge >= 0.3 is 6.03 Å². The maximum absolute atomic E-state index is 13.7. The third kappa shape index (κ3) is 4.32. The van der Waals surface area contributed by atoms with Crippen molar-refractivity contribution in [3.05, 3.63) is 101 Å². The Hall–Kier alpha value is -3.80. The second kappa shape index (κ2) is 9.69. The number of nitrogens with one attached hydrogen (secondary N) is 1. The summed E-state index contributed by atoms with van der Waals surface area (Å²) < 4.78 is 4.21. The molecule has 2 aromatic heterocycles. The number of aryl methyl sites for hydroxylation is 1. The van der Waals surface area contributed by atoms with Gasteiger partial charge in [0.1, 0.15) is 5.82 Å². The number of aromatic nitrogens is 3. The summed E-state index contributed by atoms with van der Waals surface area (Å²) in [4.78, 5) is 15.7. The molecule has 186 valence electrons. The number of amides is 2. The molecule has 2 aromatic carbocycles. The summed E-state index contributed by atoms with van der Waals surface area (Å²) >= 11 is 0. The zero-order valence-corrected chi connectivity index (χ0v) is 21.8. The lowest BCUT2D eigenvalue weighted by molar-refractivity contribution is 0.179. The Morgan fingerprint density at radius 2 is 1.72 bits per heavy atom. The van der Waals surface area contributed by atoms with E-state index in [1.165, 1.54) is 5.56 Å². The van der Waals surface area contributed by atoms with Gasteiger partial charge in [0.15, 0.2) is 0 Å². The highest BCUT2D eigenvalue weighted by Crippen LogP contribution is 2.38. The monoisotopic (exact) mass is 481 g/mol. The van der Waals surface area contributed by atoms with Crippen molar-refractivity contribution in [2.45, 2.75) is 53.1 Å². The molecule has 1 aliphatic rings. The van der Waals surface area contributed by atoms with Gasteiger partial charge in [-0.1, -0.05) is 70.2 Å². The van der Waals surface area contributed by atoms with Gasteiger partial charge in [0, 0.05) is 18.3 Å². The van der Waals surface area contributed by atoms with Crippen molar-refractivity contribution < 1.29 is 4.79 Å². The van der Waals surface area contributed by atoms with E-state index in [0.717, 1.165) is 34.0 Å². The van der Waals surface area contributed by atoms with Crippen LogP contribution in [-0.4, -0.2) is 31.8 Å². The lowest BCUT2D eigenvalue weighted by Crippen LogP contribution is -2.43. The van der Waals surface area contributed by atoms with Crippen molar-refractivity contribution in [2.24, 2.45) is 5.92 Å². The minimum absolute atomic E-state index is 0.0610. The summed E-state index contributed by atoms with van der Waals surface area (Å²) in [6.45, 7) is 11.8. The fourth-order valence-electron chi connectivity index (χ4n) is 4.96. The number of carbonyl (C=O) groups excluding carboxylic acids is 1. The van der Waals surface area contributed by atoms with Crippen LogP contribution in [0.2, 0.25) is 0 Å². The van der Waals surface area contributed by atoms with Gasteiger partial charge in [0.05, 0.1) is 29.7 Å². The van der Waals surface area contributed by atoms with Gasteiger partial charge in [-0.3, -0.25) is 0 Å². The highest BCUT2D eigenvalue weighted by molar-refractivity contribution is 5.76. The quantitative estimate of drug-likeness (QED) is 0.360. The summed E-state index contributed by atoms with van der Waals surface area (Å²) in [7, 11) is 0. The van der Waals surface area contributed by atoms with Crippen molar-refractivity contribution in [3.63, 3.8) is 0 Å². The molecule has 5 rings (SSSR count). The Morgan fingerprint density at radius 1 is 1.00 bits per heavy atom. The molecular formula is C30H35N5O. The number of urea groups is 1. The van der Waals surface area contributed by atoms with Crippen LogP contribution < -0.4 is 5.32 Å². The Bertz CT molecular complexity index is 1350. The molecule has 0 saturated carbocycles. The van der Waals surface area contributed by atoms with Crippen molar-refractivity contribution in [1.82, 2.24) is 24.6 Å². The van der Waals surface area contributed by atoms with Crippen molar-refractivity contribution in [1.29, 1.82) is 0 Å². The number of hydrogen-bond acceptors (Lipinski definition) is 2. The highest BCUT2D eigenvalue weighted by Gasteiger charge is 2.36. The van der Waals surface area contributed by atoms with Crippen LogP contribution in [0.4, 0.5) is 4.79 Å². The van der Waals surface area contributed by atoms with Gasteiger partial charge in [-0.25, -0.2) is 9.48 Å². The SMILES string of the molecule is Cc1nn(-c2ccccc2)c2c1CN(C(=O)NCC(C)C)[C@@H](c1ccc(C(C)C)cc1)c1cccn1-2. The average molecular weight is 482 g/mol. The Labute approximate surface area is 213 Å². The zero-order valence-electron chi connectivity index (χ0n) is 21.8. The molecule has 0 saturated heterocycles. The molecule has 6 heteroatoms. The van der Waals surface area contributed by atoms with Crippen LogP contribution in [0.5, 0.6) is 0 Å². The Balaban J connectivity index is 1.69. The number of nitrogens with zero attached hydrogens (tertiary/aromatic N) is 4. The van der Waals surface area contributed by atoms with E-state index in [4.69, 9.17) is 5.10 Å². The molecule has 1 aliphatic heterocycles. The van der Waals surface area contributed by atoms with E-state index in [2.05, 4.69) is 92.3 Å². The first-order chi connectivity index (χ1) is 17.3. The minimum Gasteiger partial charge on any atom is -0.338 e. The van der Waals surface area contributed by atoms with E-state index < -0.39 is 0 Å².